The maximum absolute atomic E-state index is 12.4. The molecule has 1 aromatic carbocycles. The average Bonchev–Trinajstić information content (AvgIpc) is 2.86. The van der Waals surface area contributed by atoms with Gasteiger partial charge in [0.15, 0.2) is 5.82 Å². The van der Waals surface area contributed by atoms with Crippen molar-refractivity contribution in [3.8, 4) is 0 Å². The molecule has 134 valence electrons. The predicted octanol–water partition coefficient (Wildman–Crippen LogP) is 3.35. The second-order valence-corrected chi connectivity index (χ2v) is 6.57. The first-order chi connectivity index (χ1) is 12.3. The molecule has 2 N–H and O–H groups in total. The largest absolute Gasteiger partial charge is 0.331 e. The molecule has 0 spiro atoms. The molecule has 3 rings (SSSR count). The highest BCUT2D eigenvalue weighted by molar-refractivity contribution is 5.74. The molecule has 0 unspecified atom stereocenters. The zero-order chi connectivity index (χ0) is 17.5. The minimum atomic E-state index is -0.159. The molecular weight excluding hydrogens is 314 g/mol. The molecule has 0 radical (unpaired) electrons. The van der Waals surface area contributed by atoms with Crippen LogP contribution in [0.1, 0.15) is 62.3 Å². The Morgan fingerprint density at radius 2 is 2.04 bits per heavy atom. The molecule has 2 amide bonds. The topological polar surface area (TPSA) is 71.8 Å². The van der Waals surface area contributed by atoms with E-state index in [-0.39, 0.29) is 12.1 Å². The number of rotatable bonds is 6. The minimum absolute atomic E-state index is 0.0294. The number of benzene rings is 1. The number of hydrogen-bond donors (Lipinski definition) is 2. The van der Waals surface area contributed by atoms with Crippen molar-refractivity contribution in [2.45, 2.75) is 64.6 Å². The number of amides is 2. The van der Waals surface area contributed by atoms with Crippen LogP contribution in [0.25, 0.3) is 0 Å². The fourth-order valence-corrected chi connectivity index (χ4v) is 3.34. The summed E-state index contributed by atoms with van der Waals surface area (Å²) in [7, 11) is 0. The van der Waals surface area contributed by atoms with Gasteiger partial charge in [-0.15, -0.1) is 10.2 Å². The van der Waals surface area contributed by atoms with Gasteiger partial charge in [-0.25, -0.2) is 4.79 Å². The van der Waals surface area contributed by atoms with E-state index in [2.05, 4.69) is 44.5 Å². The molecule has 1 atom stereocenters. The van der Waals surface area contributed by atoms with Crippen LogP contribution in [-0.2, 0) is 19.5 Å². The normalized spacial score (nSPS) is 15.1. The summed E-state index contributed by atoms with van der Waals surface area (Å²) in [5, 5.41) is 14.6. The standard InChI is InChI=1S/C19H27N5O/c1-2-9-16(15-10-5-3-6-11-15)21-19(25)20-14-18-23-22-17-12-7-4-8-13-24(17)18/h3,5-6,10-11,16H,2,4,7-9,12-14H2,1H3,(H2,20,21,25)/t16-/m0/s1. The Morgan fingerprint density at radius 3 is 2.84 bits per heavy atom. The van der Waals surface area contributed by atoms with Crippen LogP contribution in [0.5, 0.6) is 0 Å². The van der Waals surface area contributed by atoms with Crippen molar-refractivity contribution >= 4 is 6.03 Å². The molecule has 0 bridgehead atoms. The van der Waals surface area contributed by atoms with E-state index >= 15 is 0 Å². The molecule has 2 aromatic rings. The van der Waals surface area contributed by atoms with Crippen LogP contribution in [-0.4, -0.2) is 20.8 Å². The molecule has 6 nitrogen and oxygen atoms in total. The lowest BCUT2D eigenvalue weighted by atomic mass is 10.0. The first-order valence-electron chi connectivity index (χ1n) is 9.28. The van der Waals surface area contributed by atoms with Crippen molar-refractivity contribution in [3.05, 3.63) is 47.5 Å². The summed E-state index contributed by atoms with van der Waals surface area (Å²) in [5.74, 6) is 1.89. The second-order valence-electron chi connectivity index (χ2n) is 6.57. The van der Waals surface area contributed by atoms with Gasteiger partial charge >= 0.3 is 6.03 Å². The Bertz CT molecular complexity index is 682. The number of carbonyl (C=O) groups excluding carboxylic acids is 1. The molecule has 25 heavy (non-hydrogen) atoms. The fourth-order valence-electron chi connectivity index (χ4n) is 3.34. The quantitative estimate of drug-likeness (QED) is 0.846. The number of aromatic nitrogens is 3. The zero-order valence-electron chi connectivity index (χ0n) is 14.9. The number of carbonyl (C=O) groups is 1. The molecule has 1 aliphatic rings. The Hall–Kier alpha value is -2.37. The van der Waals surface area contributed by atoms with E-state index in [1.54, 1.807) is 0 Å². The van der Waals surface area contributed by atoms with Crippen LogP contribution in [0.3, 0.4) is 0 Å². The van der Waals surface area contributed by atoms with Crippen molar-refractivity contribution in [2.75, 3.05) is 0 Å². The smallest absolute Gasteiger partial charge is 0.315 e. The fraction of sp³-hybridized carbons (Fsp3) is 0.526. The van der Waals surface area contributed by atoms with Gasteiger partial charge in [0.2, 0.25) is 0 Å². The first kappa shape index (κ1) is 17.5. The van der Waals surface area contributed by atoms with Crippen molar-refractivity contribution in [1.82, 2.24) is 25.4 Å². The van der Waals surface area contributed by atoms with Gasteiger partial charge in [-0.1, -0.05) is 50.1 Å². The number of urea groups is 1. The van der Waals surface area contributed by atoms with E-state index in [1.807, 2.05) is 18.2 Å². The zero-order valence-corrected chi connectivity index (χ0v) is 14.9. The summed E-state index contributed by atoms with van der Waals surface area (Å²) in [6, 6.07) is 9.98. The van der Waals surface area contributed by atoms with Crippen LogP contribution >= 0.6 is 0 Å². The Balaban J connectivity index is 1.58. The number of nitrogens with zero attached hydrogens (tertiary/aromatic N) is 3. The predicted molar refractivity (Wildman–Crippen MR) is 97.0 cm³/mol. The summed E-state index contributed by atoms with van der Waals surface area (Å²) >= 11 is 0. The summed E-state index contributed by atoms with van der Waals surface area (Å²) in [4.78, 5) is 12.4. The highest BCUT2D eigenvalue weighted by Crippen LogP contribution is 2.18. The maximum atomic E-state index is 12.4. The highest BCUT2D eigenvalue weighted by Gasteiger charge is 2.17. The van der Waals surface area contributed by atoms with Crippen molar-refractivity contribution in [1.29, 1.82) is 0 Å². The lowest BCUT2D eigenvalue weighted by Gasteiger charge is -2.19. The SMILES string of the molecule is CCC[C@H](NC(=O)NCc1nnc2n1CCCCC2)c1ccccc1. The summed E-state index contributed by atoms with van der Waals surface area (Å²) in [5.41, 5.74) is 1.14. The molecule has 1 aromatic heterocycles. The molecule has 0 saturated heterocycles. The Morgan fingerprint density at radius 1 is 1.20 bits per heavy atom. The van der Waals surface area contributed by atoms with Crippen molar-refractivity contribution in [2.24, 2.45) is 0 Å². The maximum Gasteiger partial charge on any atom is 0.315 e. The van der Waals surface area contributed by atoms with Crippen LogP contribution in [0.4, 0.5) is 4.79 Å². The minimum Gasteiger partial charge on any atom is -0.331 e. The van der Waals surface area contributed by atoms with E-state index in [1.165, 1.54) is 12.8 Å². The molecule has 0 aliphatic carbocycles. The van der Waals surface area contributed by atoms with E-state index in [0.717, 1.165) is 49.4 Å². The van der Waals surface area contributed by atoms with Gasteiger partial charge in [0, 0.05) is 13.0 Å². The van der Waals surface area contributed by atoms with Crippen LogP contribution in [0.15, 0.2) is 30.3 Å². The van der Waals surface area contributed by atoms with E-state index in [4.69, 9.17) is 0 Å². The Kier molecular flexibility index (Phi) is 6.04. The van der Waals surface area contributed by atoms with Gasteiger partial charge in [0.05, 0.1) is 12.6 Å². The number of hydrogen-bond acceptors (Lipinski definition) is 3. The lowest BCUT2D eigenvalue weighted by molar-refractivity contribution is 0.235. The molecule has 0 saturated carbocycles. The van der Waals surface area contributed by atoms with E-state index < -0.39 is 0 Å². The van der Waals surface area contributed by atoms with Crippen molar-refractivity contribution < 1.29 is 4.79 Å². The van der Waals surface area contributed by atoms with E-state index in [0.29, 0.717) is 6.54 Å². The molecule has 0 fully saturated rings. The monoisotopic (exact) mass is 341 g/mol. The van der Waals surface area contributed by atoms with Crippen molar-refractivity contribution in [3.63, 3.8) is 0 Å². The van der Waals surface area contributed by atoms with Gasteiger partial charge in [0.1, 0.15) is 5.82 Å². The van der Waals surface area contributed by atoms with Gasteiger partial charge in [-0.3, -0.25) is 0 Å². The number of fused-ring (bicyclic) bond motifs is 1. The van der Waals surface area contributed by atoms with Gasteiger partial charge in [-0.05, 0) is 24.8 Å². The van der Waals surface area contributed by atoms with Crippen LogP contribution < -0.4 is 10.6 Å². The summed E-state index contributed by atoms with van der Waals surface area (Å²) < 4.78 is 2.16. The highest BCUT2D eigenvalue weighted by atomic mass is 16.2. The van der Waals surface area contributed by atoms with Gasteiger partial charge in [-0.2, -0.15) is 0 Å². The van der Waals surface area contributed by atoms with E-state index in [9.17, 15) is 4.79 Å². The third kappa shape index (κ3) is 4.59. The third-order valence-corrected chi connectivity index (χ3v) is 4.68. The number of nitrogens with one attached hydrogen (secondary N) is 2. The average molecular weight is 341 g/mol. The Labute approximate surface area is 149 Å². The second kappa shape index (κ2) is 8.65. The third-order valence-electron chi connectivity index (χ3n) is 4.68. The van der Waals surface area contributed by atoms with Gasteiger partial charge < -0.3 is 15.2 Å². The first-order valence-corrected chi connectivity index (χ1v) is 9.28. The molecule has 6 heteroatoms. The van der Waals surface area contributed by atoms with Gasteiger partial charge in [0.25, 0.3) is 0 Å². The van der Waals surface area contributed by atoms with Crippen LogP contribution in [0.2, 0.25) is 0 Å². The summed E-state index contributed by atoms with van der Waals surface area (Å²) in [6.45, 7) is 3.48. The molecular formula is C19H27N5O. The number of aryl methyl sites for hydroxylation is 1. The summed E-state index contributed by atoms with van der Waals surface area (Å²) in [6.07, 6.45) is 6.45. The van der Waals surface area contributed by atoms with Crippen LogP contribution in [0, 0.1) is 0 Å². The molecule has 2 heterocycles. The lowest BCUT2D eigenvalue weighted by Crippen LogP contribution is -2.38. The molecule has 1 aliphatic heterocycles.